The predicted molar refractivity (Wildman–Crippen MR) is 78.7 cm³/mol. The Morgan fingerprint density at radius 2 is 2.24 bits per heavy atom. The first-order valence-electron chi connectivity index (χ1n) is 6.98. The van der Waals surface area contributed by atoms with Crippen molar-refractivity contribution in [2.45, 2.75) is 33.3 Å². The van der Waals surface area contributed by atoms with Crippen LogP contribution in [-0.2, 0) is 16.0 Å². The van der Waals surface area contributed by atoms with Crippen LogP contribution in [0.25, 0.3) is 0 Å². The summed E-state index contributed by atoms with van der Waals surface area (Å²) in [6.07, 6.45) is -0.0920. The topological polar surface area (TPSA) is 79.7 Å². The molecule has 2 heterocycles. The van der Waals surface area contributed by atoms with Gasteiger partial charge in [0.25, 0.3) is 5.91 Å². The van der Waals surface area contributed by atoms with Crippen molar-refractivity contribution in [2.75, 3.05) is 19.7 Å². The summed E-state index contributed by atoms with van der Waals surface area (Å²) in [7, 11) is 0. The molecular weight excluding hydrogens is 292 g/mol. The van der Waals surface area contributed by atoms with Gasteiger partial charge in [-0.15, -0.1) is 11.3 Å². The van der Waals surface area contributed by atoms with Gasteiger partial charge < -0.3 is 14.7 Å². The van der Waals surface area contributed by atoms with Crippen LogP contribution in [0.2, 0.25) is 0 Å². The zero-order valence-electron chi connectivity index (χ0n) is 12.5. The quantitative estimate of drug-likeness (QED) is 0.913. The van der Waals surface area contributed by atoms with Gasteiger partial charge in [-0.05, 0) is 12.8 Å². The van der Waals surface area contributed by atoms with E-state index >= 15 is 0 Å². The lowest BCUT2D eigenvalue weighted by Crippen LogP contribution is -2.48. The average Bonchev–Trinajstić information content (AvgIpc) is 2.78. The number of hydrogen-bond donors (Lipinski definition) is 1. The molecule has 21 heavy (non-hydrogen) atoms. The lowest BCUT2D eigenvalue weighted by molar-refractivity contribution is -0.154. The summed E-state index contributed by atoms with van der Waals surface area (Å²) in [5, 5.41) is 9.95. The number of hydrogen-bond acceptors (Lipinski definition) is 5. The second-order valence-corrected chi connectivity index (χ2v) is 6.65. The molecule has 1 amide bonds. The van der Waals surface area contributed by atoms with Crippen LogP contribution in [0.15, 0.2) is 0 Å². The molecule has 1 N–H and O–H groups in total. The van der Waals surface area contributed by atoms with Crippen LogP contribution in [0.5, 0.6) is 0 Å². The van der Waals surface area contributed by atoms with Gasteiger partial charge in [0.1, 0.15) is 4.88 Å². The molecule has 0 bridgehead atoms. The summed E-state index contributed by atoms with van der Waals surface area (Å²) in [5.41, 5.74) is 0.721. The molecular formula is C14H20N2O4S. The van der Waals surface area contributed by atoms with E-state index in [1.807, 2.05) is 6.92 Å². The van der Waals surface area contributed by atoms with E-state index in [9.17, 15) is 9.59 Å². The van der Waals surface area contributed by atoms with Crippen LogP contribution < -0.4 is 0 Å². The molecule has 0 spiro atoms. The smallest absolute Gasteiger partial charge is 0.334 e. The number of thiazole rings is 1. The van der Waals surface area contributed by atoms with Crippen LogP contribution in [0, 0.1) is 12.8 Å². The van der Waals surface area contributed by atoms with E-state index in [-0.39, 0.29) is 19.1 Å². The van der Waals surface area contributed by atoms with Crippen molar-refractivity contribution in [1.29, 1.82) is 0 Å². The molecule has 1 saturated heterocycles. The Hall–Kier alpha value is -1.47. The molecule has 0 radical (unpaired) electrons. The highest BCUT2D eigenvalue weighted by Crippen LogP contribution is 2.23. The van der Waals surface area contributed by atoms with E-state index in [4.69, 9.17) is 9.84 Å². The summed E-state index contributed by atoms with van der Waals surface area (Å²) in [6.45, 7) is 6.79. The average molecular weight is 312 g/mol. The van der Waals surface area contributed by atoms with E-state index in [1.165, 1.54) is 11.3 Å². The number of aryl methyl sites for hydroxylation is 1. The second-order valence-electron chi connectivity index (χ2n) is 5.57. The highest BCUT2D eigenvalue weighted by molar-refractivity contribution is 7.13. The maximum absolute atomic E-state index is 12.5. The lowest BCUT2D eigenvalue weighted by atomic mass is 10.1. The van der Waals surface area contributed by atoms with Crippen LogP contribution in [0.1, 0.15) is 34.2 Å². The van der Waals surface area contributed by atoms with Crippen molar-refractivity contribution in [3.05, 3.63) is 15.6 Å². The third-order valence-corrected chi connectivity index (χ3v) is 4.41. The Kier molecular flexibility index (Phi) is 4.95. The van der Waals surface area contributed by atoms with E-state index in [0.717, 1.165) is 17.1 Å². The number of rotatable bonds is 4. The first-order valence-corrected chi connectivity index (χ1v) is 7.80. The Balaban J connectivity index is 2.12. The van der Waals surface area contributed by atoms with E-state index in [0.29, 0.717) is 17.3 Å². The first kappa shape index (κ1) is 15.9. The molecule has 0 aliphatic carbocycles. The molecule has 1 atom stereocenters. The summed E-state index contributed by atoms with van der Waals surface area (Å²) in [4.78, 5) is 30.1. The maximum atomic E-state index is 12.5. The summed E-state index contributed by atoms with van der Waals surface area (Å²) in [6, 6.07) is 0. The normalized spacial score (nSPS) is 19.0. The van der Waals surface area contributed by atoms with Crippen LogP contribution >= 0.6 is 11.3 Å². The number of aliphatic carboxylic acids is 1. The first-order chi connectivity index (χ1) is 9.88. The molecule has 116 valence electrons. The highest BCUT2D eigenvalue weighted by atomic mass is 32.1. The van der Waals surface area contributed by atoms with Crippen molar-refractivity contribution in [1.82, 2.24) is 9.88 Å². The minimum atomic E-state index is -1.03. The zero-order valence-corrected chi connectivity index (χ0v) is 13.3. The minimum absolute atomic E-state index is 0.0883. The van der Waals surface area contributed by atoms with Gasteiger partial charge >= 0.3 is 5.97 Å². The van der Waals surface area contributed by atoms with E-state index in [2.05, 4.69) is 18.8 Å². The van der Waals surface area contributed by atoms with Gasteiger partial charge in [0.05, 0.1) is 23.9 Å². The Morgan fingerprint density at radius 3 is 2.86 bits per heavy atom. The van der Waals surface area contributed by atoms with Crippen LogP contribution in [0.4, 0.5) is 0 Å². The molecule has 0 saturated carbocycles. The summed E-state index contributed by atoms with van der Waals surface area (Å²) >= 11 is 1.41. The number of aromatic nitrogens is 1. The van der Waals surface area contributed by atoms with E-state index in [1.54, 1.807) is 4.90 Å². The number of carbonyl (C=O) groups excluding carboxylic acids is 1. The third kappa shape index (κ3) is 3.79. The molecule has 1 aromatic heterocycles. The van der Waals surface area contributed by atoms with Crippen molar-refractivity contribution in [3.63, 3.8) is 0 Å². The number of carbonyl (C=O) groups is 2. The third-order valence-electron chi connectivity index (χ3n) is 3.25. The number of carboxylic acids is 1. The standard InChI is InChI=1S/C14H20N2O4S/c1-8(2)6-11-15-9(3)12(21-11)13(17)16-4-5-20-10(7-16)14(18)19/h8,10H,4-7H2,1-3H3,(H,18,19). The number of morpholine rings is 1. The summed E-state index contributed by atoms with van der Waals surface area (Å²) < 4.78 is 5.14. The van der Waals surface area contributed by atoms with Gasteiger partial charge in [-0.3, -0.25) is 4.79 Å². The molecule has 1 aliphatic rings. The molecule has 1 unspecified atom stereocenters. The van der Waals surface area contributed by atoms with Crippen molar-refractivity contribution >= 4 is 23.2 Å². The Labute approximate surface area is 127 Å². The largest absolute Gasteiger partial charge is 0.479 e. The fraction of sp³-hybridized carbons (Fsp3) is 0.643. The predicted octanol–water partition coefficient (Wildman–Crippen LogP) is 1.58. The molecule has 1 fully saturated rings. The van der Waals surface area contributed by atoms with Crippen LogP contribution in [0.3, 0.4) is 0 Å². The van der Waals surface area contributed by atoms with Gasteiger partial charge in [0.2, 0.25) is 0 Å². The molecule has 2 rings (SSSR count). The molecule has 1 aliphatic heterocycles. The fourth-order valence-corrected chi connectivity index (χ4v) is 3.46. The maximum Gasteiger partial charge on any atom is 0.334 e. The fourth-order valence-electron chi connectivity index (χ4n) is 2.21. The Bertz CT molecular complexity index is 541. The molecule has 1 aromatic rings. The van der Waals surface area contributed by atoms with Gasteiger partial charge in [0.15, 0.2) is 6.10 Å². The van der Waals surface area contributed by atoms with Crippen molar-refractivity contribution in [3.8, 4) is 0 Å². The number of ether oxygens (including phenoxy) is 1. The zero-order chi connectivity index (χ0) is 15.6. The van der Waals surface area contributed by atoms with Gasteiger partial charge in [0, 0.05) is 13.0 Å². The Morgan fingerprint density at radius 1 is 1.52 bits per heavy atom. The van der Waals surface area contributed by atoms with Crippen molar-refractivity contribution in [2.24, 2.45) is 5.92 Å². The van der Waals surface area contributed by atoms with E-state index < -0.39 is 12.1 Å². The lowest BCUT2D eigenvalue weighted by Gasteiger charge is -2.30. The van der Waals surface area contributed by atoms with Crippen molar-refractivity contribution < 1.29 is 19.4 Å². The van der Waals surface area contributed by atoms with Gasteiger partial charge in [-0.25, -0.2) is 9.78 Å². The summed E-state index contributed by atoms with van der Waals surface area (Å²) in [5.74, 6) is -0.693. The second kappa shape index (κ2) is 6.53. The monoisotopic (exact) mass is 312 g/mol. The van der Waals surface area contributed by atoms with Gasteiger partial charge in [-0.1, -0.05) is 13.8 Å². The molecule has 7 heteroatoms. The minimum Gasteiger partial charge on any atom is -0.479 e. The number of nitrogens with zero attached hydrogens (tertiary/aromatic N) is 2. The molecule has 6 nitrogen and oxygen atoms in total. The number of amides is 1. The number of carboxylic acid groups (broad SMARTS) is 1. The van der Waals surface area contributed by atoms with Crippen LogP contribution in [-0.4, -0.2) is 52.7 Å². The van der Waals surface area contributed by atoms with Gasteiger partial charge in [-0.2, -0.15) is 0 Å². The highest BCUT2D eigenvalue weighted by Gasteiger charge is 2.31. The molecule has 0 aromatic carbocycles. The SMILES string of the molecule is Cc1nc(CC(C)C)sc1C(=O)N1CCOC(C(=O)O)C1.